The molecule has 0 aliphatic heterocycles. The predicted octanol–water partition coefficient (Wildman–Crippen LogP) is 5.92. The first-order chi connectivity index (χ1) is 16.2. The Kier molecular flexibility index (Phi) is 5.43. The molecule has 0 saturated carbocycles. The molecule has 0 radical (unpaired) electrons. The van der Waals surface area contributed by atoms with E-state index < -0.39 is 0 Å². The largest absolute Gasteiger partial charge is 0.346 e. The fourth-order valence-electron chi connectivity index (χ4n) is 3.78. The van der Waals surface area contributed by atoms with Gasteiger partial charge in [0.15, 0.2) is 0 Å². The predicted molar refractivity (Wildman–Crippen MR) is 132 cm³/mol. The van der Waals surface area contributed by atoms with Crippen molar-refractivity contribution in [3.8, 4) is 22.4 Å². The van der Waals surface area contributed by atoms with Gasteiger partial charge < -0.3 is 15.6 Å². The van der Waals surface area contributed by atoms with E-state index in [0.29, 0.717) is 12.2 Å². The highest BCUT2D eigenvalue weighted by molar-refractivity contribution is 6.00. The third-order valence-electron chi connectivity index (χ3n) is 5.28. The maximum Gasteiger partial charge on any atom is 0.323 e. The van der Waals surface area contributed by atoms with Crippen molar-refractivity contribution in [2.24, 2.45) is 0 Å². The van der Waals surface area contributed by atoms with Crippen LogP contribution in [0.2, 0.25) is 0 Å². The number of aromatic nitrogens is 4. The van der Waals surface area contributed by atoms with Crippen LogP contribution in [0.4, 0.5) is 16.2 Å². The van der Waals surface area contributed by atoms with E-state index in [2.05, 4.69) is 27.2 Å². The smallest absolute Gasteiger partial charge is 0.323 e. The SMILES string of the molecule is C=CCn1cc(-c2ccnc3[nH]ccc23)c(-c2ccc(NC(=O)Nc3ccccc3)cc2)n1. The number of hydrogen-bond donors (Lipinski definition) is 3. The molecule has 0 saturated heterocycles. The number of para-hydroxylation sites is 1. The highest BCUT2D eigenvalue weighted by Crippen LogP contribution is 2.35. The quantitative estimate of drug-likeness (QED) is 0.290. The van der Waals surface area contributed by atoms with Crippen LogP contribution in [0, 0.1) is 0 Å². The van der Waals surface area contributed by atoms with Crippen molar-refractivity contribution in [1.29, 1.82) is 0 Å². The van der Waals surface area contributed by atoms with Gasteiger partial charge in [0.05, 0.1) is 6.54 Å². The van der Waals surface area contributed by atoms with Gasteiger partial charge in [0.1, 0.15) is 11.3 Å². The molecule has 5 aromatic rings. The minimum absolute atomic E-state index is 0.295. The van der Waals surface area contributed by atoms with Gasteiger partial charge in [0.2, 0.25) is 0 Å². The summed E-state index contributed by atoms with van der Waals surface area (Å²) < 4.78 is 1.87. The summed E-state index contributed by atoms with van der Waals surface area (Å²) in [6.07, 6.45) is 7.52. The number of urea groups is 1. The van der Waals surface area contributed by atoms with Gasteiger partial charge in [-0.1, -0.05) is 36.4 Å². The van der Waals surface area contributed by atoms with E-state index in [0.717, 1.165) is 39.1 Å². The molecule has 3 heterocycles. The van der Waals surface area contributed by atoms with E-state index >= 15 is 0 Å². The van der Waals surface area contributed by atoms with E-state index in [1.54, 1.807) is 6.20 Å². The fourth-order valence-corrected chi connectivity index (χ4v) is 3.78. The summed E-state index contributed by atoms with van der Waals surface area (Å²) in [5, 5.41) is 11.5. The normalized spacial score (nSPS) is 10.8. The lowest BCUT2D eigenvalue weighted by Gasteiger charge is -2.09. The molecule has 0 atom stereocenters. The molecule has 5 rings (SSSR count). The summed E-state index contributed by atoms with van der Waals surface area (Å²) in [7, 11) is 0. The molecule has 7 nitrogen and oxygen atoms in total. The molecule has 0 spiro atoms. The lowest BCUT2D eigenvalue weighted by Crippen LogP contribution is -2.19. The molecule has 0 fully saturated rings. The molecule has 0 bridgehead atoms. The van der Waals surface area contributed by atoms with Crippen molar-refractivity contribution >= 4 is 28.4 Å². The number of allylic oxidation sites excluding steroid dienone is 1. The number of hydrogen-bond acceptors (Lipinski definition) is 3. The Balaban J connectivity index is 1.44. The maximum absolute atomic E-state index is 12.3. The topological polar surface area (TPSA) is 87.6 Å². The van der Waals surface area contributed by atoms with Crippen molar-refractivity contribution in [3.63, 3.8) is 0 Å². The summed E-state index contributed by atoms with van der Waals surface area (Å²) >= 11 is 0. The summed E-state index contributed by atoms with van der Waals surface area (Å²) in [5.74, 6) is 0. The zero-order valence-corrected chi connectivity index (χ0v) is 17.8. The van der Waals surface area contributed by atoms with Gasteiger partial charge >= 0.3 is 6.03 Å². The number of fused-ring (bicyclic) bond motifs is 1. The van der Waals surface area contributed by atoms with E-state index in [-0.39, 0.29) is 6.03 Å². The lowest BCUT2D eigenvalue weighted by atomic mass is 10.0. The number of pyridine rings is 1. The van der Waals surface area contributed by atoms with E-state index in [9.17, 15) is 4.79 Å². The van der Waals surface area contributed by atoms with Crippen LogP contribution in [0.1, 0.15) is 0 Å². The van der Waals surface area contributed by atoms with Gasteiger partial charge in [-0.05, 0) is 42.0 Å². The second-order valence-corrected chi connectivity index (χ2v) is 7.52. The van der Waals surface area contributed by atoms with Crippen molar-refractivity contribution in [2.75, 3.05) is 10.6 Å². The zero-order valence-electron chi connectivity index (χ0n) is 17.8. The van der Waals surface area contributed by atoms with Crippen LogP contribution in [-0.4, -0.2) is 25.8 Å². The summed E-state index contributed by atoms with van der Waals surface area (Å²) in [6, 6.07) is 20.7. The van der Waals surface area contributed by atoms with Gasteiger partial charge in [-0.15, -0.1) is 6.58 Å². The van der Waals surface area contributed by atoms with Gasteiger partial charge in [0, 0.05) is 46.5 Å². The van der Waals surface area contributed by atoms with Crippen LogP contribution in [0.5, 0.6) is 0 Å². The van der Waals surface area contributed by atoms with Crippen LogP contribution >= 0.6 is 0 Å². The molecule has 33 heavy (non-hydrogen) atoms. The number of anilines is 2. The van der Waals surface area contributed by atoms with E-state index in [1.165, 1.54) is 0 Å². The lowest BCUT2D eigenvalue weighted by molar-refractivity contribution is 0.262. The van der Waals surface area contributed by atoms with Gasteiger partial charge in [-0.25, -0.2) is 9.78 Å². The molecular weight excluding hydrogens is 412 g/mol. The molecule has 0 unspecified atom stereocenters. The summed E-state index contributed by atoms with van der Waals surface area (Å²) in [5.41, 5.74) is 6.11. The zero-order chi connectivity index (χ0) is 22.6. The Hall–Kier alpha value is -4.65. The molecule has 7 heteroatoms. The third kappa shape index (κ3) is 4.24. The molecule has 162 valence electrons. The number of benzene rings is 2. The van der Waals surface area contributed by atoms with Crippen molar-refractivity contribution in [1.82, 2.24) is 19.7 Å². The molecule has 0 aliphatic rings. The first kappa shape index (κ1) is 20.3. The van der Waals surface area contributed by atoms with Gasteiger partial charge in [-0.2, -0.15) is 5.10 Å². The number of nitrogens with zero attached hydrogens (tertiary/aromatic N) is 3. The Labute approximate surface area is 190 Å². The number of aromatic amines is 1. The van der Waals surface area contributed by atoms with Crippen LogP contribution in [0.3, 0.4) is 0 Å². The number of H-pyrrole nitrogens is 1. The van der Waals surface area contributed by atoms with Crippen molar-refractivity contribution in [3.05, 3.63) is 98.0 Å². The number of amides is 2. The monoisotopic (exact) mass is 434 g/mol. The van der Waals surface area contributed by atoms with Crippen molar-refractivity contribution < 1.29 is 4.79 Å². The van der Waals surface area contributed by atoms with Crippen molar-refractivity contribution in [2.45, 2.75) is 6.54 Å². The van der Waals surface area contributed by atoms with E-state index in [4.69, 9.17) is 5.10 Å². The van der Waals surface area contributed by atoms with Gasteiger partial charge in [-0.3, -0.25) is 4.68 Å². The highest BCUT2D eigenvalue weighted by Gasteiger charge is 2.16. The van der Waals surface area contributed by atoms with Gasteiger partial charge in [0.25, 0.3) is 0 Å². The number of nitrogens with one attached hydrogen (secondary N) is 3. The molecular formula is C26H22N6O. The van der Waals surface area contributed by atoms with Crippen LogP contribution in [0.15, 0.2) is 98.0 Å². The fraction of sp³-hybridized carbons (Fsp3) is 0.0385. The number of rotatable bonds is 6. The molecule has 0 aliphatic carbocycles. The third-order valence-corrected chi connectivity index (χ3v) is 5.28. The second kappa shape index (κ2) is 8.84. The van der Waals surface area contributed by atoms with E-state index in [1.807, 2.05) is 89.9 Å². The summed E-state index contributed by atoms with van der Waals surface area (Å²) in [6.45, 7) is 4.43. The second-order valence-electron chi connectivity index (χ2n) is 7.52. The minimum atomic E-state index is -0.295. The Morgan fingerprint density at radius 1 is 0.970 bits per heavy atom. The average Bonchev–Trinajstić information content (AvgIpc) is 3.48. The van der Waals surface area contributed by atoms with Crippen LogP contribution in [-0.2, 0) is 6.54 Å². The van der Waals surface area contributed by atoms with Crippen LogP contribution in [0.25, 0.3) is 33.4 Å². The molecule has 2 amide bonds. The number of carbonyl (C=O) groups excluding carboxylic acids is 1. The number of carbonyl (C=O) groups is 1. The minimum Gasteiger partial charge on any atom is -0.346 e. The molecule has 3 N–H and O–H groups in total. The molecule has 3 aromatic heterocycles. The van der Waals surface area contributed by atoms with Crippen LogP contribution < -0.4 is 10.6 Å². The Morgan fingerprint density at radius 2 is 1.73 bits per heavy atom. The molecule has 2 aromatic carbocycles. The summed E-state index contributed by atoms with van der Waals surface area (Å²) in [4.78, 5) is 19.9. The standard InChI is InChI=1S/C26H22N6O/c1-2-16-32-17-23(21-12-14-27-25-22(21)13-15-28-25)24(31-32)18-8-10-20(11-9-18)30-26(33)29-19-6-4-3-5-7-19/h2-15,17H,1,16H2,(H,27,28)(H2,29,30,33). The maximum atomic E-state index is 12.3. The Bertz CT molecular complexity index is 1420. The average molecular weight is 435 g/mol. The Morgan fingerprint density at radius 3 is 2.48 bits per heavy atom. The first-order valence-corrected chi connectivity index (χ1v) is 10.6. The highest BCUT2D eigenvalue weighted by atomic mass is 16.2. The first-order valence-electron chi connectivity index (χ1n) is 10.6.